The quantitative estimate of drug-likeness (QED) is 0.228. The molecular formula is C18H33IN4O2. The molecule has 0 aliphatic heterocycles. The lowest BCUT2D eigenvalue weighted by Crippen LogP contribution is -2.41. The molecule has 0 bridgehead atoms. The first-order valence-electron chi connectivity index (χ1n) is 8.74. The van der Waals surface area contributed by atoms with Crippen molar-refractivity contribution in [2.24, 2.45) is 4.99 Å². The van der Waals surface area contributed by atoms with Crippen molar-refractivity contribution in [3.05, 3.63) is 23.9 Å². The summed E-state index contributed by atoms with van der Waals surface area (Å²) in [6.07, 6.45) is 6.63. The van der Waals surface area contributed by atoms with Crippen molar-refractivity contribution < 1.29 is 9.47 Å². The molecule has 0 saturated carbocycles. The number of rotatable bonds is 11. The summed E-state index contributed by atoms with van der Waals surface area (Å²) in [7, 11) is 3.44. The van der Waals surface area contributed by atoms with Crippen molar-refractivity contribution in [1.82, 2.24) is 15.6 Å². The number of aliphatic imine (C=N–C) groups is 1. The Balaban J connectivity index is 0.00000576. The fourth-order valence-corrected chi connectivity index (χ4v) is 2.29. The highest BCUT2D eigenvalue weighted by atomic mass is 127. The zero-order valence-electron chi connectivity index (χ0n) is 15.9. The molecule has 1 rings (SSSR count). The number of nitrogens with one attached hydrogen (secondary N) is 2. The van der Waals surface area contributed by atoms with Gasteiger partial charge in [0.15, 0.2) is 5.96 Å². The van der Waals surface area contributed by atoms with E-state index < -0.39 is 0 Å². The van der Waals surface area contributed by atoms with Crippen molar-refractivity contribution in [3.8, 4) is 5.88 Å². The van der Waals surface area contributed by atoms with Crippen LogP contribution >= 0.6 is 24.0 Å². The van der Waals surface area contributed by atoms with Crippen LogP contribution in [0.25, 0.3) is 0 Å². The van der Waals surface area contributed by atoms with Gasteiger partial charge in [0.2, 0.25) is 5.88 Å². The minimum Gasteiger partial charge on any atom is -0.475 e. The van der Waals surface area contributed by atoms with Gasteiger partial charge in [-0.2, -0.15) is 0 Å². The van der Waals surface area contributed by atoms with Crippen molar-refractivity contribution in [2.75, 3.05) is 27.4 Å². The highest BCUT2D eigenvalue weighted by Crippen LogP contribution is 2.13. The fraction of sp³-hybridized carbons (Fsp3) is 0.667. The highest BCUT2D eigenvalue weighted by Gasteiger charge is 2.08. The number of nitrogens with zero attached hydrogens (tertiary/aromatic N) is 2. The van der Waals surface area contributed by atoms with E-state index in [1.54, 1.807) is 20.4 Å². The van der Waals surface area contributed by atoms with E-state index in [1.165, 1.54) is 19.3 Å². The first-order chi connectivity index (χ1) is 11.7. The number of methoxy groups -OCH3 is 1. The molecule has 0 amide bonds. The molecule has 1 atom stereocenters. The van der Waals surface area contributed by atoms with Crippen LogP contribution in [-0.4, -0.2) is 44.4 Å². The lowest BCUT2D eigenvalue weighted by molar-refractivity contribution is 0.143. The maximum absolute atomic E-state index is 5.65. The molecule has 2 N–H and O–H groups in total. The maximum Gasteiger partial charge on any atom is 0.218 e. The predicted octanol–water partition coefficient (Wildman–Crippen LogP) is 3.36. The van der Waals surface area contributed by atoms with Gasteiger partial charge in [0.05, 0.1) is 6.61 Å². The van der Waals surface area contributed by atoms with E-state index in [-0.39, 0.29) is 24.0 Å². The monoisotopic (exact) mass is 464 g/mol. The molecule has 7 heteroatoms. The number of guanidine groups is 1. The lowest BCUT2D eigenvalue weighted by atomic mass is 10.1. The van der Waals surface area contributed by atoms with Gasteiger partial charge in [-0.3, -0.25) is 4.99 Å². The summed E-state index contributed by atoms with van der Waals surface area (Å²) in [6.45, 7) is 6.05. The Morgan fingerprint density at radius 1 is 1.32 bits per heavy atom. The summed E-state index contributed by atoms with van der Waals surface area (Å²) in [4.78, 5) is 8.58. The Kier molecular flexibility index (Phi) is 14.5. The van der Waals surface area contributed by atoms with Crippen LogP contribution in [0.1, 0.15) is 45.1 Å². The summed E-state index contributed by atoms with van der Waals surface area (Å²) in [5.41, 5.74) is 0.996. The van der Waals surface area contributed by atoms with Gasteiger partial charge < -0.3 is 20.1 Å². The SMILES string of the molecule is CCCCCC(C)NC(=NC)NCc1cccnc1OCCOC.I. The Morgan fingerprint density at radius 3 is 2.80 bits per heavy atom. The second-order valence-electron chi connectivity index (χ2n) is 5.78. The van der Waals surface area contributed by atoms with E-state index in [1.807, 2.05) is 12.1 Å². The van der Waals surface area contributed by atoms with Gasteiger partial charge in [-0.15, -0.1) is 24.0 Å². The van der Waals surface area contributed by atoms with Crippen LogP contribution in [0.4, 0.5) is 0 Å². The normalized spacial score (nSPS) is 12.2. The van der Waals surface area contributed by atoms with E-state index in [2.05, 4.69) is 34.5 Å². The predicted molar refractivity (Wildman–Crippen MR) is 114 cm³/mol. The van der Waals surface area contributed by atoms with Gasteiger partial charge in [0.25, 0.3) is 0 Å². The summed E-state index contributed by atoms with van der Waals surface area (Å²) in [5, 5.41) is 6.75. The molecule has 0 aliphatic carbocycles. The Morgan fingerprint density at radius 2 is 2.12 bits per heavy atom. The standard InChI is InChI=1S/C18H32N4O2.HI/c1-5-6-7-9-15(2)22-18(19-3)21-14-16-10-8-11-20-17(16)24-13-12-23-4;/h8,10-11,15H,5-7,9,12-14H2,1-4H3,(H2,19,21,22);1H. The van der Waals surface area contributed by atoms with Crippen molar-refractivity contribution in [3.63, 3.8) is 0 Å². The van der Waals surface area contributed by atoms with E-state index in [4.69, 9.17) is 9.47 Å². The van der Waals surface area contributed by atoms with Gasteiger partial charge in [0.1, 0.15) is 6.61 Å². The van der Waals surface area contributed by atoms with Crippen LogP contribution < -0.4 is 15.4 Å². The van der Waals surface area contributed by atoms with Crippen LogP contribution in [0, 0.1) is 0 Å². The number of hydrogen-bond donors (Lipinski definition) is 2. The second-order valence-corrected chi connectivity index (χ2v) is 5.78. The molecule has 0 spiro atoms. The highest BCUT2D eigenvalue weighted by molar-refractivity contribution is 14.0. The average Bonchev–Trinajstić information content (AvgIpc) is 2.60. The second kappa shape index (κ2) is 15.2. The summed E-state index contributed by atoms with van der Waals surface area (Å²) < 4.78 is 10.7. The zero-order chi connectivity index (χ0) is 17.6. The Bertz CT molecular complexity index is 486. The third kappa shape index (κ3) is 10.5. The molecular weight excluding hydrogens is 431 g/mol. The molecule has 0 saturated heterocycles. The van der Waals surface area contributed by atoms with Crippen LogP contribution in [0.3, 0.4) is 0 Å². The summed E-state index contributed by atoms with van der Waals surface area (Å²) in [6, 6.07) is 4.30. The molecule has 1 unspecified atom stereocenters. The van der Waals surface area contributed by atoms with E-state index in [0.717, 1.165) is 17.9 Å². The van der Waals surface area contributed by atoms with Crippen LogP contribution in [0.15, 0.2) is 23.3 Å². The third-order valence-corrected chi connectivity index (χ3v) is 3.67. The molecule has 6 nitrogen and oxygen atoms in total. The smallest absolute Gasteiger partial charge is 0.218 e. The summed E-state index contributed by atoms with van der Waals surface area (Å²) in [5.74, 6) is 1.43. The van der Waals surface area contributed by atoms with Gasteiger partial charge in [-0.1, -0.05) is 32.3 Å². The van der Waals surface area contributed by atoms with Gasteiger partial charge in [-0.05, 0) is 19.4 Å². The first kappa shape index (κ1) is 23.9. The van der Waals surface area contributed by atoms with Gasteiger partial charge in [-0.25, -0.2) is 4.98 Å². The molecule has 25 heavy (non-hydrogen) atoms. The molecule has 1 aromatic rings. The van der Waals surface area contributed by atoms with E-state index >= 15 is 0 Å². The van der Waals surface area contributed by atoms with Gasteiger partial charge >= 0.3 is 0 Å². The molecule has 144 valence electrons. The number of hydrogen-bond acceptors (Lipinski definition) is 4. The Hall–Kier alpha value is -1.09. The van der Waals surface area contributed by atoms with E-state index in [9.17, 15) is 0 Å². The fourth-order valence-electron chi connectivity index (χ4n) is 2.29. The molecule has 1 heterocycles. The van der Waals surface area contributed by atoms with Crippen LogP contribution in [0.2, 0.25) is 0 Å². The Labute approximate surface area is 169 Å². The minimum absolute atomic E-state index is 0. The molecule has 0 aliphatic rings. The van der Waals surface area contributed by atoms with Crippen LogP contribution in [-0.2, 0) is 11.3 Å². The number of aromatic nitrogens is 1. The average molecular weight is 464 g/mol. The first-order valence-corrected chi connectivity index (χ1v) is 8.74. The molecule has 1 aromatic heterocycles. The zero-order valence-corrected chi connectivity index (χ0v) is 18.2. The van der Waals surface area contributed by atoms with Crippen molar-refractivity contribution in [1.29, 1.82) is 0 Å². The number of halogens is 1. The van der Waals surface area contributed by atoms with Crippen molar-refractivity contribution in [2.45, 2.75) is 52.1 Å². The minimum atomic E-state index is 0. The number of unbranched alkanes of at least 4 members (excludes halogenated alkanes) is 2. The molecule has 0 radical (unpaired) electrons. The lowest BCUT2D eigenvalue weighted by Gasteiger charge is -2.18. The molecule has 0 fully saturated rings. The summed E-state index contributed by atoms with van der Waals surface area (Å²) >= 11 is 0. The number of pyridine rings is 1. The van der Waals surface area contributed by atoms with E-state index in [0.29, 0.717) is 31.7 Å². The third-order valence-electron chi connectivity index (χ3n) is 3.67. The van der Waals surface area contributed by atoms with Crippen LogP contribution in [0.5, 0.6) is 5.88 Å². The number of ether oxygens (including phenoxy) is 2. The van der Waals surface area contributed by atoms with Crippen molar-refractivity contribution >= 4 is 29.9 Å². The van der Waals surface area contributed by atoms with Gasteiger partial charge in [0, 0.05) is 38.5 Å². The largest absolute Gasteiger partial charge is 0.475 e. The topological polar surface area (TPSA) is 67.8 Å². The molecule has 0 aromatic carbocycles. The maximum atomic E-state index is 5.65.